The third-order valence-electron chi connectivity index (χ3n) is 2.46. The van der Waals surface area contributed by atoms with E-state index in [1.54, 1.807) is 29.2 Å². The number of nitriles is 1. The smallest absolute Gasteiger partial charge is 0.254 e. The van der Waals surface area contributed by atoms with Crippen molar-refractivity contribution in [1.29, 1.82) is 5.26 Å². The summed E-state index contributed by atoms with van der Waals surface area (Å²) in [5.41, 5.74) is 0.940. The fourth-order valence-corrected chi connectivity index (χ4v) is 1.59. The molecule has 1 aromatic carbocycles. The van der Waals surface area contributed by atoms with E-state index in [-0.39, 0.29) is 18.6 Å². The lowest BCUT2D eigenvalue weighted by Gasteiger charge is -2.26. The van der Waals surface area contributed by atoms with E-state index in [0.29, 0.717) is 17.7 Å². The lowest BCUT2D eigenvalue weighted by Crippen LogP contribution is -2.39. The molecule has 0 saturated heterocycles. The summed E-state index contributed by atoms with van der Waals surface area (Å²) in [7, 11) is 0. The predicted octanol–water partition coefficient (Wildman–Crippen LogP) is 1.40. The van der Waals surface area contributed by atoms with Gasteiger partial charge in [-0.25, -0.2) is 0 Å². The third-order valence-corrected chi connectivity index (χ3v) is 2.46. The Hall–Kier alpha value is -1.86. The van der Waals surface area contributed by atoms with Gasteiger partial charge in [0.05, 0.1) is 18.2 Å². The van der Waals surface area contributed by atoms with Gasteiger partial charge in [-0.2, -0.15) is 5.26 Å². The van der Waals surface area contributed by atoms with Crippen molar-refractivity contribution in [3.8, 4) is 6.07 Å². The number of amides is 1. The Morgan fingerprint density at radius 2 is 2.24 bits per heavy atom. The van der Waals surface area contributed by atoms with Crippen LogP contribution in [0.1, 0.15) is 29.8 Å². The fraction of sp³-hybridized carbons (Fsp3) is 0.385. The molecule has 0 bridgehead atoms. The summed E-state index contributed by atoms with van der Waals surface area (Å²) < 4.78 is 0. The lowest BCUT2D eigenvalue weighted by molar-refractivity contribution is 0.0665. The van der Waals surface area contributed by atoms with Gasteiger partial charge in [0.1, 0.15) is 0 Å². The molecule has 0 unspecified atom stereocenters. The molecule has 0 radical (unpaired) electrons. The molecule has 1 rings (SSSR count). The van der Waals surface area contributed by atoms with Crippen molar-refractivity contribution in [1.82, 2.24) is 4.90 Å². The van der Waals surface area contributed by atoms with Crippen LogP contribution in [0, 0.1) is 11.3 Å². The summed E-state index contributed by atoms with van der Waals surface area (Å²) in [5.74, 6) is -0.161. The summed E-state index contributed by atoms with van der Waals surface area (Å²) in [5, 5.41) is 17.7. The van der Waals surface area contributed by atoms with E-state index in [2.05, 4.69) is 0 Å². The van der Waals surface area contributed by atoms with E-state index in [4.69, 9.17) is 10.4 Å². The number of rotatable bonds is 4. The van der Waals surface area contributed by atoms with Gasteiger partial charge < -0.3 is 10.0 Å². The second-order valence-electron chi connectivity index (χ2n) is 4.01. The van der Waals surface area contributed by atoms with Crippen LogP contribution in [-0.4, -0.2) is 35.1 Å². The molecule has 0 aromatic heterocycles. The maximum absolute atomic E-state index is 12.1. The first-order valence-corrected chi connectivity index (χ1v) is 5.52. The average Bonchev–Trinajstić information content (AvgIpc) is 2.34. The van der Waals surface area contributed by atoms with Crippen LogP contribution < -0.4 is 0 Å². The molecule has 4 nitrogen and oxygen atoms in total. The van der Waals surface area contributed by atoms with Crippen molar-refractivity contribution in [3.63, 3.8) is 0 Å². The van der Waals surface area contributed by atoms with Gasteiger partial charge >= 0.3 is 0 Å². The summed E-state index contributed by atoms with van der Waals surface area (Å²) >= 11 is 0. The maximum Gasteiger partial charge on any atom is 0.254 e. The number of carbonyl (C=O) groups excluding carboxylic acids is 1. The first-order valence-electron chi connectivity index (χ1n) is 5.52. The normalized spacial score (nSPS) is 10.1. The summed E-state index contributed by atoms with van der Waals surface area (Å²) in [6.07, 6.45) is 0. The molecule has 0 spiro atoms. The molecule has 0 saturated carbocycles. The monoisotopic (exact) mass is 232 g/mol. The van der Waals surface area contributed by atoms with E-state index in [0.717, 1.165) is 0 Å². The van der Waals surface area contributed by atoms with Gasteiger partial charge in [-0.1, -0.05) is 6.07 Å². The van der Waals surface area contributed by atoms with Crippen molar-refractivity contribution in [3.05, 3.63) is 35.4 Å². The molecule has 0 aliphatic rings. The van der Waals surface area contributed by atoms with Crippen LogP contribution in [0.5, 0.6) is 0 Å². The fourth-order valence-electron chi connectivity index (χ4n) is 1.59. The molecule has 0 fully saturated rings. The highest BCUT2D eigenvalue weighted by Gasteiger charge is 2.18. The Morgan fingerprint density at radius 3 is 2.76 bits per heavy atom. The lowest BCUT2D eigenvalue weighted by atomic mass is 10.1. The zero-order chi connectivity index (χ0) is 12.8. The van der Waals surface area contributed by atoms with Crippen molar-refractivity contribution < 1.29 is 9.90 Å². The van der Waals surface area contributed by atoms with Crippen LogP contribution in [0.4, 0.5) is 0 Å². The molecule has 1 aromatic rings. The van der Waals surface area contributed by atoms with Gasteiger partial charge in [-0.15, -0.1) is 0 Å². The van der Waals surface area contributed by atoms with Crippen molar-refractivity contribution in [2.24, 2.45) is 0 Å². The minimum Gasteiger partial charge on any atom is -0.395 e. The molecular weight excluding hydrogens is 216 g/mol. The molecule has 0 atom stereocenters. The largest absolute Gasteiger partial charge is 0.395 e. The maximum atomic E-state index is 12.1. The highest BCUT2D eigenvalue weighted by Crippen LogP contribution is 2.10. The topological polar surface area (TPSA) is 64.3 Å². The zero-order valence-electron chi connectivity index (χ0n) is 10.1. The van der Waals surface area contributed by atoms with Crippen LogP contribution in [0.2, 0.25) is 0 Å². The summed E-state index contributed by atoms with van der Waals surface area (Å²) in [4.78, 5) is 13.7. The van der Waals surface area contributed by atoms with Crippen LogP contribution in [0.15, 0.2) is 24.3 Å². The SMILES string of the molecule is CC(C)N(CCO)C(=O)c1cccc(C#N)c1. The van der Waals surface area contributed by atoms with Crippen LogP contribution in [-0.2, 0) is 0 Å². The van der Waals surface area contributed by atoms with Crippen LogP contribution >= 0.6 is 0 Å². The van der Waals surface area contributed by atoms with Gasteiger partial charge in [0.2, 0.25) is 0 Å². The highest BCUT2D eigenvalue weighted by atomic mass is 16.3. The van der Waals surface area contributed by atoms with Crippen molar-refractivity contribution in [2.45, 2.75) is 19.9 Å². The number of nitrogens with zero attached hydrogens (tertiary/aromatic N) is 2. The molecule has 0 aliphatic carbocycles. The summed E-state index contributed by atoms with van der Waals surface area (Å²) in [6.45, 7) is 4.01. The Bertz CT molecular complexity index is 435. The van der Waals surface area contributed by atoms with Crippen LogP contribution in [0.3, 0.4) is 0 Å². The average molecular weight is 232 g/mol. The molecule has 1 amide bonds. The predicted molar refractivity (Wildman–Crippen MR) is 64.4 cm³/mol. The molecule has 90 valence electrons. The van der Waals surface area contributed by atoms with E-state index in [1.807, 2.05) is 19.9 Å². The number of aliphatic hydroxyl groups is 1. The van der Waals surface area contributed by atoms with E-state index in [9.17, 15) is 4.79 Å². The number of aliphatic hydroxyl groups excluding tert-OH is 1. The van der Waals surface area contributed by atoms with E-state index < -0.39 is 0 Å². The minimum atomic E-state index is -0.161. The molecule has 17 heavy (non-hydrogen) atoms. The second-order valence-corrected chi connectivity index (χ2v) is 4.01. The van der Waals surface area contributed by atoms with E-state index >= 15 is 0 Å². The summed E-state index contributed by atoms with van der Waals surface area (Å²) in [6, 6.07) is 8.60. The molecular formula is C13H16N2O2. The molecule has 0 heterocycles. The first kappa shape index (κ1) is 13.2. The van der Waals surface area contributed by atoms with Gasteiger partial charge in [0.25, 0.3) is 5.91 Å². The first-order chi connectivity index (χ1) is 8.10. The van der Waals surface area contributed by atoms with E-state index in [1.165, 1.54) is 0 Å². The quantitative estimate of drug-likeness (QED) is 0.853. The van der Waals surface area contributed by atoms with Gasteiger partial charge in [0.15, 0.2) is 0 Å². The molecule has 4 heteroatoms. The van der Waals surface area contributed by atoms with Gasteiger partial charge in [-0.05, 0) is 32.0 Å². The minimum absolute atomic E-state index is 0.0143. The zero-order valence-corrected chi connectivity index (χ0v) is 10.1. The Labute approximate surface area is 101 Å². The van der Waals surface area contributed by atoms with Crippen molar-refractivity contribution in [2.75, 3.05) is 13.2 Å². The Kier molecular flexibility index (Phi) is 4.68. The number of hydrogen-bond acceptors (Lipinski definition) is 3. The number of carbonyl (C=O) groups is 1. The van der Waals surface area contributed by atoms with Gasteiger partial charge in [-0.3, -0.25) is 4.79 Å². The third kappa shape index (κ3) is 3.30. The van der Waals surface area contributed by atoms with Crippen molar-refractivity contribution >= 4 is 5.91 Å². The Balaban J connectivity index is 2.97. The second kappa shape index (κ2) is 6.02. The molecule has 1 N–H and O–H groups in total. The highest BCUT2D eigenvalue weighted by molar-refractivity contribution is 5.94. The molecule has 0 aliphatic heterocycles. The van der Waals surface area contributed by atoms with Gasteiger partial charge in [0, 0.05) is 18.2 Å². The number of hydrogen-bond donors (Lipinski definition) is 1. The standard InChI is InChI=1S/C13H16N2O2/c1-10(2)15(6-7-16)13(17)12-5-3-4-11(8-12)9-14/h3-5,8,10,16H,6-7H2,1-2H3. The Morgan fingerprint density at radius 1 is 1.53 bits per heavy atom. The number of benzene rings is 1. The van der Waals surface area contributed by atoms with Crippen LogP contribution in [0.25, 0.3) is 0 Å².